The van der Waals surface area contributed by atoms with E-state index >= 15 is 0 Å². The van der Waals surface area contributed by atoms with Crippen molar-refractivity contribution in [3.63, 3.8) is 0 Å². The SMILES string of the molecule is CCCCCCCc1ccc(-c2ccc(-c3ccc(CCCCC)cc3F)c(F)c2F)cc1. The minimum atomic E-state index is -1.01. The van der Waals surface area contributed by atoms with Gasteiger partial charge in [-0.15, -0.1) is 0 Å². The highest BCUT2D eigenvalue weighted by molar-refractivity contribution is 5.72. The molecule has 0 spiro atoms. The Bertz CT molecular complexity index is 1020. The monoisotopic (exact) mass is 452 g/mol. The van der Waals surface area contributed by atoms with Gasteiger partial charge in [0.1, 0.15) is 5.82 Å². The van der Waals surface area contributed by atoms with Crippen molar-refractivity contribution in [2.45, 2.75) is 78.1 Å². The number of hydrogen-bond acceptors (Lipinski definition) is 0. The van der Waals surface area contributed by atoms with E-state index in [0.29, 0.717) is 5.56 Å². The molecule has 0 saturated heterocycles. The summed E-state index contributed by atoms with van der Waals surface area (Å²) < 4.78 is 44.6. The van der Waals surface area contributed by atoms with Gasteiger partial charge in [-0.3, -0.25) is 0 Å². The molecule has 0 fully saturated rings. The van der Waals surface area contributed by atoms with Crippen LogP contribution in [0.3, 0.4) is 0 Å². The van der Waals surface area contributed by atoms with E-state index < -0.39 is 17.5 Å². The number of aryl methyl sites for hydroxylation is 2. The molecule has 3 aromatic rings. The van der Waals surface area contributed by atoms with Crippen LogP contribution in [0.15, 0.2) is 54.6 Å². The van der Waals surface area contributed by atoms with Crippen LogP contribution in [-0.4, -0.2) is 0 Å². The molecule has 0 saturated carbocycles. The first kappa shape index (κ1) is 25.1. The van der Waals surface area contributed by atoms with Crippen LogP contribution in [0.2, 0.25) is 0 Å². The van der Waals surface area contributed by atoms with Crippen molar-refractivity contribution in [1.82, 2.24) is 0 Å². The fourth-order valence-electron chi connectivity index (χ4n) is 4.28. The standard InChI is InChI=1S/C30H35F3/c1-3-5-7-8-10-11-22-13-16-24(17-14-22)25-19-20-27(30(33)29(25)32)26-18-15-23(21-28(26)31)12-9-6-4-2/h13-21H,3-12H2,1-2H3. The lowest BCUT2D eigenvalue weighted by molar-refractivity contribution is 0.512. The zero-order chi connectivity index (χ0) is 23.6. The highest BCUT2D eigenvalue weighted by atomic mass is 19.2. The first-order valence-electron chi connectivity index (χ1n) is 12.4. The maximum atomic E-state index is 15.0. The molecule has 0 unspecified atom stereocenters. The highest BCUT2D eigenvalue weighted by Gasteiger charge is 2.18. The first-order valence-corrected chi connectivity index (χ1v) is 12.4. The normalized spacial score (nSPS) is 11.2. The molecular weight excluding hydrogens is 417 g/mol. The zero-order valence-electron chi connectivity index (χ0n) is 19.9. The Kier molecular flexibility index (Phi) is 9.60. The topological polar surface area (TPSA) is 0 Å². The molecule has 0 amide bonds. The fraction of sp³-hybridized carbons (Fsp3) is 0.400. The molecular formula is C30H35F3. The van der Waals surface area contributed by atoms with Gasteiger partial charge in [-0.1, -0.05) is 101 Å². The molecule has 0 N–H and O–H groups in total. The summed E-state index contributed by atoms with van der Waals surface area (Å²) in [6.07, 6.45) is 11.1. The van der Waals surface area contributed by atoms with E-state index in [1.165, 1.54) is 43.4 Å². The van der Waals surface area contributed by atoms with Crippen molar-refractivity contribution in [2.24, 2.45) is 0 Å². The van der Waals surface area contributed by atoms with Gasteiger partial charge in [-0.05, 0) is 48.4 Å². The van der Waals surface area contributed by atoms with Crippen LogP contribution < -0.4 is 0 Å². The average Bonchev–Trinajstić information content (AvgIpc) is 2.82. The van der Waals surface area contributed by atoms with Crippen molar-refractivity contribution >= 4 is 0 Å². The van der Waals surface area contributed by atoms with E-state index in [1.54, 1.807) is 18.2 Å². The van der Waals surface area contributed by atoms with Gasteiger partial charge in [0.15, 0.2) is 11.6 Å². The molecule has 0 aliphatic heterocycles. The Hall–Kier alpha value is -2.55. The predicted octanol–water partition coefficient (Wildman–Crippen LogP) is 9.68. The molecule has 0 heterocycles. The largest absolute Gasteiger partial charge is 0.206 e. The van der Waals surface area contributed by atoms with Gasteiger partial charge in [0.25, 0.3) is 0 Å². The lowest BCUT2D eigenvalue weighted by Gasteiger charge is -2.11. The summed E-state index contributed by atoms with van der Waals surface area (Å²) in [5, 5.41) is 0. The second-order valence-electron chi connectivity index (χ2n) is 8.92. The lowest BCUT2D eigenvalue weighted by atomic mass is 9.96. The molecule has 3 rings (SSSR count). The summed E-state index contributed by atoms with van der Waals surface area (Å²) in [6, 6.07) is 15.5. The third kappa shape index (κ3) is 6.72. The van der Waals surface area contributed by atoms with Gasteiger partial charge in [0, 0.05) is 16.7 Å². The number of benzene rings is 3. The van der Waals surface area contributed by atoms with Crippen LogP contribution >= 0.6 is 0 Å². The van der Waals surface area contributed by atoms with Crippen LogP contribution in [0.4, 0.5) is 13.2 Å². The highest BCUT2D eigenvalue weighted by Crippen LogP contribution is 2.33. The summed E-state index contributed by atoms with van der Waals surface area (Å²) in [5.74, 6) is -2.46. The van der Waals surface area contributed by atoms with Crippen molar-refractivity contribution in [2.75, 3.05) is 0 Å². The van der Waals surface area contributed by atoms with E-state index in [4.69, 9.17) is 0 Å². The first-order chi connectivity index (χ1) is 16.0. The molecule has 0 aliphatic carbocycles. The Morgan fingerprint density at radius 1 is 0.515 bits per heavy atom. The number of unbranched alkanes of at least 4 members (excludes halogenated alkanes) is 6. The van der Waals surface area contributed by atoms with Gasteiger partial charge in [-0.2, -0.15) is 0 Å². The Labute approximate surface area is 196 Å². The second kappa shape index (κ2) is 12.6. The van der Waals surface area contributed by atoms with Crippen molar-refractivity contribution < 1.29 is 13.2 Å². The molecule has 0 nitrogen and oxygen atoms in total. The fourth-order valence-corrected chi connectivity index (χ4v) is 4.28. The molecule has 3 heteroatoms. The third-order valence-electron chi connectivity index (χ3n) is 6.31. The minimum absolute atomic E-state index is 0.0439. The smallest absolute Gasteiger partial charge is 0.167 e. The molecule has 0 radical (unpaired) electrons. The van der Waals surface area contributed by atoms with Crippen molar-refractivity contribution in [3.05, 3.63) is 83.2 Å². The van der Waals surface area contributed by atoms with Crippen LogP contribution in [0.25, 0.3) is 22.3 Å². The van der Waals surface area contributed by atoms with Crippen LogP contribution in [0, 0.1) is 17.5 Å². The number of halogens is 3. The van der Waals surface area contributed by atoms with E-state index in [2.05, 4.69) is 13.8 Å². The Morgan fingerprint density at radius 3 is 1.73 bits per heavy atom. The van der Waals surface area contributed by atoms with E-state index in [1.807, 2.05) is 24.3 Å². The molecule has 0 aliphatic rings. The van der Waals surface area contributed by atoms with E-state index in [0.717, 1.165) is 44.1 Å². The minimum Gasteiger partial charge on any atom is -0.206 e. The summed E-state index contributed by atoms with van der Waals surface area (Å²) in [4.78, 5) is 0. The van der Waals surface area contributed by atoms with E-state index in [9.17, 15) is 13.2 Å². The van der Waals surface area contributed by atoms with Crippen LogP contribution in [-0.2, 0) is 12.8 Å². The number of hydrogen-bond donors (Lipinski definition) is 0. The van der Waals surface area contributed by atoms with Gasteiger partial charge in [-0.25, -0.2) is 13.2 Å². The maximum absolute atomic E-state index is 15.0. The van der Waals surface area contributed by atoms with Gasteiger partial charge >= 0.3 is 0 Å². The molecule has 0 aromatic heterocycles. The third-order valence-corrected chi connectivity index (χ3v) is 6.31. The molecule has 176 valence electrons. The summed E-state index contributed by atoms with van der Waals surface area (Å²) in [7, 11) is 0. The lowest BCUT2D eigenvalue weighted by Crippen LogP contribution is -1.97. The van der Waals surface area contributed by atoms with Crippen molar-refractivity contribution in [1.29, 1.82) is 0 Å². The second-order valence-corrected chi connectivity index (χ2v) is 8.92. The maximum Gasteiger partial charge on any atom is 0.167 e. The predicted molar refractivity (Wildman–Crippen MR) is 133 cm³/mol. The Morgan fingerprint density at radius 2 is 1.03 bits per heavy atom. The molecule has 33 heavy (non-hydrogen) atoms. The van der Waals surface area contributed by atoms with Gasteiger partial charge < -0.3 is 0 Å². The summed E-state index contributed by atoms with van der Waals surface area (Å²) in [6.45, 7) is 4.32. The zero-order valence-corrected chi connectivity index (χ0v) is 19.9. The molecule has 0 atom stereocenters. The van der Waals surface area contributed by atoms with Crippen molar-refractivity contribution in [3.8, 4) is 22.3 Å². The summed E-state index contributed by atoms with van der Waals surface area (Å²) in [5.41, 5.74) is 2.96. The summed E-state index contributed by atoms with van der Waals surface area (Å²) >= 11 is 0. The quantitative estimate of drug-likeness (QED) is 0.240. The Balaban J connectivity index is 1.74. The molecule has 3 aromatic carbocycles. The average molecular weight is 453 g/mol. The molecule has 0 bridgehead atoms. The number of rotatable bonds is 12. The van der Waals surface area contributed by atoms with Crippen LogP contribution in [0.5, 0.6) is 0 Å². The van der Waals surface area contributed by atoms with Gasteiger partial charge in [0.05, 0.1) is 0 Å². The van der Waals surface area contributed by atoms with Crippen LogP contribution in [0.1, 0.15) is 76.3 Å². The van der Waals surface area contributed by atoms with E-state index in [-0.39, 0.29) is 16.7 Å². The van der Waals surface area contributed by atoms with Gasteiger partial charge in [0.2, 0.25) is 0 Å².